The molecule has 0 aliphatic carbocycles. The third kappa shape index (κ3) is 4.88. The van der Waals surface area contributed by atoms with Crippen molar-refractivity contribution in [3.63, 3.8) is 0 Å². The number of fused-ring (bicyclic) bond motifs is 1. The molecule has 1 aliphatic heterocycles. The number of aryl methyl sites for hydroxylation is 1. The lowest BCUT2D eigenvalue weighted by atomic mass is 9.84. The molecule has 7 nitrogen and oxygen atoms in total. The van der Waals surface area contributed by atoms with E-state index in [1.54, 1.807) is 18.1 Å². The van der Waals surface area contributed by atoms with E-state index in [2.05, 4.69) is 20.8 Å². The van der Waals surface area contributed by atoms with Gasteiger partial charge in [0, 0.05) is 61.1 Å². The van der Waals surface area contributed by atoms with Gasteiger partial charge in [-0.15, -0.1) is 0 Å². The predicted octanol–water partition coefficient (Wildman–Crippen LogP) is 5.33. The number of rotatable bonds is 8. The van der Waals surface area contributed by atoms with Gasteiger partial charge in [-0.2, -0.15) is 0 Å². The molecule has 0 saturated carbocycles. The van der Waals surface area contributed by atoms with Crippen LogP contribution in [-0.2, 0) is 26.8 Å². The number of methoxy groups -OCH3 is 1. The molecule has 37 heavy (non-hydrogen) atoms. The van der Waals surface area contributed by atoms with Gasteiger partial charge in [-0.1, -0.05) is 39.0 Å². The maximum atomic E-state index is 13.5. The molecule has 1 atom stereocenters. The number of aliphatic hydroxyl groups excluding tert-OH is 1. The zero-order valence-electron chi connectivity index (χ0n) is 22.5. The maximum absolute atomic E-state index is 13.5. The van der Waals surface area contributed by atoms with Crippen LogP contribution in [0.15, 0.2) is 54.2 Å². The van der Waals surface area contributed by atoms with Gasteiger partial charge in [-0.25, -0.2) is 0 Å². The number of para-hydroxylation sites is 1. The first-order valence-electron chi connectivity index (χ1n) is 12.7. The molecule has 1 aromatic heterocycles. The number of aliphatic hydroxyl groups is 1. The highest BCUT2D eigenvalue weighted by Crippen LogP contribution is 2.43. The van der Waals surface area contributed by atoms with E-state index in [-0.39, 0.29) is 16.7 Å². The molecule has 1 saturated heterocycles. The average Bonchev–Trinajstić information content (AvgIpc) is 3.32. The van der Waals surface area contributed by atoms with Crippen molar-refractivity contribution in [3.05, 3.63) is 70.9 Å². The van der Waals surface area contributed by atoms with Crippen LogP contribution in [0, 0.1) is 0 Å². The highest BCUT2D eigenvalue weighted by Gasteiger charge is 2.46. The lowest BCUT2D eigenvalue weighted by molar-refractivity contribution is -0.140. The van der Waals surface area contributed by atoms with Crippen molar-refractivity contribution in [2.24, 2.45) is 7.05 Å². The molecule has 2 heterocycles. The van der Waals surface area contributed by atoms with Crippen LogP contribution in [0.2, 0.25) is 0 Å². The number of benzene rings is 2. The van der Waals surface area contributed by atoms with Gasteiger partial charge in [0.2, 0.25) is 0 Å². The zero-order valence-corrected chi connectivity index (χ0v) is 22.5. The van der Waals surface area contributed by atoms with E-state index >= 15 is 0 Å². The molecule has 1 fully saturated rings. The Hall–Kier alpha value is -3.58. The number of likely N-dealkylation sites (tertiary alicyclic amines) is 1. The number of hydrogen-bond acceptors (Lipinski definition) is 5. The number of carbonyl (C=O) groups excluding carboxylic acids is 2. The van der Waals surface area contributed by atoms with E-state index in [9.17, 15) is 14.7 Å². The van der Waals surface area contributed by atoms with Crippen molar-refractivity contribution in [2.75, 3.05) is 26.9 Å². The van der Waals surface area contributed by atoms with Crippen molar-refractivity contribution in [1.29, 1.82) is 0 Å². The molecule has 3 aromatic rings. The van der Waals surface area contributed by atoms with E-state index in [1.807, 2.05) is 61.1 Å². The standard InChI is InChI=1S/C30H36N2O5/c1-7-37-24-14-13-19(17-22(24)30(2,3)4)27(33)25-26(32(15-10-16-36-6)29(35)28(25)34)21-18-31(5)23-12-9-8-11-20(21)23/h8-9,11-14,17-18,26,33H,7,10,15-16H2,1-6H3/b27-25+. The number of nitrogens with zero attached hydrogens (tertiary/aromatic N) is 2. The smallest absolute Gasteiger partial charge is 0.295 e. The number of amides is 1. The average molecular weight is 505 g/mol. The summed E-state index contributed by atoms with van der Waals surface area (Å²) in [5.74, 6) is -0.743. The van der Waals surface area contributed by atoms with Gasteiger partial charge in [-0.05, 0) is 43.0 Å². The lowest BCUT2D eigenvalue weighted by Gasteiger charge is -2.25. The fourth-order valence-electron chi connectivity index (χ4n) is 5.10. The Bertz CT molecular complexity index is 1360. The van der Waals surface area contributed by atoms with Crippen LogP contribution in [0.25, 0.3) is 16.7 Å². The molecule has 1 unspecified atom stereocenters. The van der Waals surface area contributed by atoms with Gasteiger partial charge in [-0.3, -0.25) is 9.59 Å². The second kappa shape index (κ2) is 10.4. The highest BCUT2D eigenvalue weighted by molar-refractivity contribution is 6.46. The van der Waals surface area contributed by atoms with Crippen LogP contribution in [0.4, 0.5) is 0 Å². The summed E-state index contributed by atoms with van der Waals surface area (Å²) in [6.45, 7) is 9.44. The Morgan fingerprint density at radius 3 is 2.51 bits per heavy atom. The topological polar surface area (TPSA) is 81.0 Å². The summed E-state index contributed by atoms with van der Waals surface area (Å²) in [6, 6.07) is 12.6. The van der Waals surface area contributed by atoms with Crippen molar-refractivity contribution < 1.29 is 24.2 Å². The molecule has 196 valence electrons. The van der Waals surface area contributed by atoms with E-state index in [0.717, 1.165) is 27.8 Å². The Morgan fingerprint density at radius 1 is 1.11 bits per heavy atom. The third-order valence-electron chi connectivity index (χ3n) is 6.87. The molecule has 1 aliphatic rings. The van der Waals surface area contributed by atoms with Crippen LogP contribution in [0.5, 0.6) is 5.75 Å². The molecule has 1 amide bonds. The summed E-state index contributed by atoms with van der Waals surface area (Å²) in [5.41, 5.74) is 3.02. The van der Waals surface area contributed by atoms with Gasteiger partial charge in [0.25, 0.3) is 11.7 Å². The van der Waals surface area contributed by atoms with Crippen molar-refractivity contribution >= 4 is 28.4 Å². The Kier molecular flexibility index (Phi) is 7.46. The predicted molar refractivity (Wildman–Crippen MR) is 145 cm³/mol. The molecule has 2 aromatic carbocycles. The fraction of sp³-hybridized carbons (Fsp3) is 0.400. The molecule has 0 spiro atoms. The summed E-state index contributed by atoms with van der Waals surface area (Å²) in [7, 11) is 3.54. The van der Waals surface area contributed by atoms with Crippen LogP contribution in [-0.4, -0.2) is 53.1 Å². The maximum Gasteiger partial charge on any atom is 0.295 e. The number of carbonyl (C=O) groups is 2. The molecule has 0 radical (unpaired) electrons. The fourth-order valence-corrected chi connectivity index (χ4v) is 5.10. The number of ether oxygens (including phenoxy) is 2. The molecule has 1 N–H and O–H groups in total. The molecular weight excluding hydrogens is 468 g/mol. The summed E-state index contributed by atoms with van der Waals surface area (Å²) in [6.07, 6.45) is 2.51. The van der Waals surface area contributed by atoms with Crippen molar-refractivity contribution in [2.45, 2.75) is 45.6 Å². The third-order valence-corrected chi connectivity index (χ3v) is 6.87. The van der Waals surface area contributed by atoms with Gasteiger partial charge < -0.3 is 24.0 Å². The summed E-state index contributed by atoms with van der Waals surface area (Å²) in [4.78, 5) is 28.3. The number of Topliss-reactive ketones (excluding diaryl/α,β-unsaturated/α-hetero) is 1. The largest absolute Gasteiger partial charge is 0.507 e. The Balaban J connectivity index is 1.93. The summed E-state index contributed by atoms with van der Waals surface area (Å²) >= 11 is 0. The number of ketones is 1. The van der Waals surface area contributed by atoms with Gasteiger partial charge in [0.1, 0.15) is 11.5 Å². The van der Waals surface area contributed by atoms with Crippen LogP contribution >= 0.6 is 0 Å². The van der Waals surface area contributed by atoms with Gasteiger partial charge in [0.15, 0.2) is 0 Å². The Labute approximate surface area is 218 Å². The van der Waals surface area contributed by atoms with E-state index < -0.39 is 17.7 Å². The van der Waals surface area contributed by atoms with E-state index in [4.69, 9.17) is 9.47 Å². The van der Waals surface area contributed by atoms with Gasteiger partial charge >= 0.3 is 0 Å². The minimum atomic E-state index is -0.715. The highest BCUT2D eigenvalue weighted by atomic mass is 16.5. The molecule has 4 rings (SSSR count). The van der Waals surface area contributed by atoms with Crippen molar-refractivity contribution in [1.82, 2.24) is 9.47 Å². The first kappa shape index (κ1) is 26.5. The van der Waals surface area contributed by atoms with Gasteiger partial charge in [0.05, 0.1) is 18.2 Å². The first-order valence-corrected chi connectivity index (χ1v) is 12.7. The lowest BCUT2D eigenvalue weighted by Crippen LogP contribution is -2.31. The number of aromatic nitrogens is 1. The normalized spacial score (nSPS) is 17.7. The van der Waals surface area contributed by atoms with Crippen LogP contribution in [0.3, 0.4) is 0 Å². The Morgan fingerprint density at radius 2 is 1.84 bits per heavy atom. The molecule has 7 heteroatoms. The quantitative estimate of drug-likeness (QED) is 0.194. The van der Waals surface area contributed by atoms with E-state index in [0.29, 0.717) is 31.7 Å². The zero-order chi connectivity index (χ0) is 26.9. The minimum absolute atomic E-state index is 0.0998. The van der Waals surface area contributed by atoms with Crippen LogP contribution < -0.4 is 4.74 Å². The SMILES string of the molecule is CCOc1ccc(/C(O)=C2\C(=O)C(=O)N(CCCOC)C2c2cn(C)c3ccccc23)cc1C(C)(C)C. The monoisotopic (exact) mass is 504 g/mol. The van der Waals surface area contributed by atoms with E-state index in [1.165, 1.54) is 0 Å². The van der Waals surface area contributed by atoms with Crippen molar-refractivity contribution in [3.8, 4) is 5.75 Å². The molecule has 0 bridgehead atoms. The first-order chi connectivity index (χ1) is 17.6. The summed E-state index contributed by atoms with van der Waals surface area (Å²) in [5, 5.41) is 12.6. The van der Waals surface area contributed by atoms with Crippen LogP contribution in [0.1, 0.15) is 56.8 Å². The summed E-state index contributed by atoms with van der Waals surface area (Å²) < 4.78 is 13.0. The second-order valence-electron chi connectivity index (χ2n) is 10.4. The number of hydrogen-bond donors (Lipinski definition) is 1. The minimum Gasteiger partial charge on any atom is -0.507 e. The molecular formula is C30H36N2O5. The second-order valence-corrected chi connectivity index (χ2v) is 10.4.